The molecule has 5 nitrogen and oxygen atoms in total. The summed E-state index contributed by atoms with van der Waals surface area (Å²) in [5.74, 6) is 0.717. The van der Waals surface area contributed by atoms with Gasteiger partial charge in [-0.1, -0.05) is 12.1 Å². The van der Waals surface area contributed by atoms with Crippen molar-refractivity contribution in [2.45, 2.75) is 13.3 Å². The number of thiazole rings is 1. The van der Waals surface area contributed by atoms with Gasteiger partial charge in [0.15, 0.2) is 5.13 Å². The van der Waals surface area contributed by atoms with Crippen LogP contribution in [0.1, 0.15) is 12.5 Å². The summed E-state index contributed by atoms with van der Waals surface area (Å²) in [6, 6.07) is 11.3. The molecule has 0 aliphatic rings. The Hall–Kier alpha value is -2.73. The van der Waals surface area contributed by atoms with Gasteiger partial charge in [0.05, 0.1) is 18.7 Å². The second-order valence-corrected chi connectivity index (χ2v) is 5.94. The van der Waals surface area contributed by atoms with Crippen LogP contribution in [0.2, 0.25) is 0 Å². The SMILES string of the molecule is CCOc1ccc(CC(=O)Nc2nc(-c3cccnc3)cs2)cc1. The quantitative estimate of drug-likeness (QED) is 0.742. The van der Waals surface area contributed by atoms with Crippen molar-refractivity contribution in [3.8, 4) is 17.0 Å². The molecule has 24 heavy (non-hydrogen) atoms. The van der Waals surface area contributed by atoms with Crippen molar-refractivity contribution in [2.24, 2.45) is 0 Å². The molecular weight excluding hydrogens is 322 g/mol. The van der Waals surface area contributed by atoms with Crippen LogP contribution >= 0.6 is 11.3 Å². The maximum Gasteiger partial charge on any atom is 0.230 e. The minimum absolute atomic E-state index is 0.0914. The predicted molar refractivity (Wildman–Crippen MR) is 95.3 cm³/mol. The van der Waals surface area contributed by atoms with Gasteiger partial charge < -0.3 is 10.1 Å². The lowest BCUT2D eigenvalue weighted by Crippen LogP contribution is -2.14. The zero-order chi connectivity index (χ0) is 16.8. The second-order valence-electron chi connectivity index (χ2n) is 5.08. The van der Waals surface area contributed by atoms with Crippen LogP contribution in [-0.2, 0) is 11.2 Å². The summed E-state index contributed by atoms with van der Waals surface area (Å²) < 4.78 is 5.39. The van der Waals surface area contributed by atoms with Crippen molar-refractivity contribution in [3.05, 3.63) is 59.7 Å². The highest BCUT2D eigenvalue weighted by atomic mass is 32.1. The number of pyridine rings is 1. The molecule has 0 aliphatic carbocycles. The number of hydrogen-bond donors (Lipinski definition) is 1. The molecule has 122 valence electrons. The Kier molecular flexibility index (Phi) is 5.18. The van der Waals surface area contributed by atoms with Crippen molar-refractivity contribution >= 4 is 22.4 Å². The van der Waals surface area contributed by atoms with Crippen LogP contribution < -0.4 is 10.1 Å². The Morgan fingerprint density at radius 1 is 1.25 bits per heavy atom. The Labute approximate surface area is 144 Å². The first-order valence-corrected chi connectivity index (χ1v) is 8.50. The van der Waals surface area contributed by atoms with E-state index in [1.54, 1.807) is 12.4 Å². The molecule has 0 saturated carbocycles. The summed E-state index contributed by atoms with van der Waals surface area (Å²) in [7, 11) is 0. The molecule has 6 heteroatoms. The number of nitrogens with one attached hydrogen (secondary N) is 1. The van der Waals surface area contributed by atoms with E-state index < -0.39 is 0 Å². The first-order chi connectivity index (χ1) is 11.7. The zero-order valence-corrected chi connectivity index (χ0v) is 14.0. The number of ether oxygens (including phenoxy) is 1. The molecule has 0 spiro atoms. The summed E-state index contributed by atoms with van der Waals surface area (Å²) in [5.41, 5.74) is 2.67. The van der Waals surface area contributed by atoms with Crippen LogP contribution in [0.4, 0.5) is 5.13 Å². The van der Waals surface area contributed by atoms with Gasteiger partial charge in [-0.25, -0.2) is 4.98 Å². The van der Waals surface area contributed by atoms with Crippen LogP contribution in [0.15, 0.2) is 54.2 Å². The number of nitrogens with zero attached hydrogens (tertiary/aromatic N) is 2. The fraction of sp³-hybridized carbons (Fsp3) is 0.167. The third-order valence-corrected chi connectivity index (χ3v) is 4.06. The predicted octanol–water partition coefficient (Wildman–Crippen LogP) is 3.79. The standard InChI is InChI=1S/C18H17N3O2S/c1-2-23-15-7-5-13(6-8-15)10-17(22)21-18-20-16(12-24-18)14-4-3-9-19-11-14/h3-9,11-12H,2,10H2,1H3,(H,20,21,22). The van der Waals surface area contributed by atoms with E-state index in [2.05, 4.69) is 15.3 Å². The van der Waals surface area contributed by atoms with Gasteiger partial charge in [0.1, 0.15) is 5.75 Å². The maximum atomic E-state index is 12.2. The van der Waals surface area contributed by atoms with E-state index in [9.17, 15) is 4.79 Å². The van der Waals surface area contributed by atoms with Crippen molar-refractivity contribution < 1.29 is 9.53 Å². The number of rotatable bonds is 6. The lowest BCUT2D eigenvalue weighted by molar-refractivity contribution is -0.115. The largest absolute Gasteiger partial charge is 0.494 e. The number of amides is 1. The summed E-state index contributed by atoms with van der Waals surface area (Å²) in [6.45, 7) is 2.57. The molecule has 0 aliphatic heterocycles. The molecule has 2 heterocycles. The fourth-order valence-electron chi connectivity index (χ4n) is 2.20. The van der Waals surface area contributed by atoms with E-state index in [1.807, 2.05) is 48.7 Å². The minimum atomic E-state index is -0.0914. The molecule has 1 aromatic carbocycles. The molecule has 0 radical (unpaired) electrons. The van der Waals surface area contributed by atoms with Gasteiger partial charge in [-0.3, -0.25) is 9.78 Å². The second kappa shape index (κ2) is 7.70. The van der Waals surface area contributed by atoms with E-state index in [0.717, 1.165) is 22.6 Å². The number of carbonyl (C=O) groups excluding carboxylic acids is 1. The normalized spacial score (nSPS) is 10.4. The van der Waals surface area contributed by atoms with Crippen molar-refractivity contribution in [3.63, 3.8) is 0 Å². The van der Waals surface area contributed by atoms with E-state index in [0.29, 0.717) is 18.2 Å². The smallest absolute Gasteiger partial charge is 0.230 e. The highest BCUT2D eigenvalue weighted by molar-refractivity contribution is 7.14. The molecule has 0 fully saturated rings. The summed E-state index contributed by atoms with van der Waals surface area (Å²) in [5, 5.41) is 5.33. The van der Waals surface area contributed by atoms with Crippen molar-refractivity contribution in [1.82, 2.24) is 9.97 Å². The molecular formula is C18H17N3O2S. The van der Waals surface area contributed by atoms with Gasteiger partial charge in [0.2, 0.25) is 5.91 Å². The minimum Gasteiger partial charge on any atom is -0.494 e. The summed E-state index contributed by atoms with van der Waals surface area (Å²) >= 11 is 1.40. The van der Waals surface area contributed by atoms with Gasteiger partial charge in [-0.05, 0) is 36.8 Å². The Bertz CT molecular complexity index is 801. The summed E-state index contributed by atoms with van der Waals surface area (Å²) in [6.07, 6.45) is 3.77. The number of carbonyl (C=O) groups is 1. The van der Waals surface area contributed by atoms with Crippen LogP contribution in [0.25, 0.3) is 11.3 Å². The van der Waals surface area contributed by atoms with Gasteiger partial charge in [-0.15, -0.1) is 11.3 Å². The lowest BCUT2D eigenvalue weighted by Gasteiger charge is -2.05. The lowest BCUT2D eigenvalue weighted by atomic mass is 10.1. The molecule has 0 unspecified atom stereocenters. The third-order valence-electron chi connectivity index (χ3n) is 3.31. The third kappa shape index (κ3) is 4.17. The van der Waals surface area contributed by atoms with Crippen LogP contribution in [0.3, 0.4) is 0 Å². The maximum absolute atomic E-state index is 12.2. The van der Waals surface area contributed by atoms with Gasteiger partial charge in [0.25, 0.3) is 0 Å². The molecule has 0 atom stereocenters. The van der Waals surface area contributed by atoms with Crippen LogP contribution in [0, 0.1) is 0 Å². The molecule has 1 amide bonds. The molecule has 3 aromatic rings. The van der Waals surface area contributed by atoms with E-state index in [-0.39, 0.29) is 5.91 Å². The van der Waals surface area contributed by atoms with Gasteiger partial charge in [0, 0.05) is 23.3 Å². The highest BCUT2D eigenvalue weighted by Crippen LogP contribution is 2.24. The Morgan fingerprint density at radius 3 is 2.79 bits per heavy atom. The van der Waals surface area contributed by atoms with Crippen molar-refractivity contribution in [2.75, 3.05) is 11.9 Å². The number of anilines is 1. The molecule has 3 rings (SSSR count). The van der Waals surface area contributed by atoms with E-state index in [4.69, 9.17) is 4.74 Å². The molecule has 1 N–H and O–H groups in total. The van der Waals surface area contributed by atoms with Crippen LogP contribution in [0.5, 0.6) is 5.75 Å². The summed E-state index contributed by atoms with van der Waals surface area (Å²) in [4.78, 5) is 20.7. The monoisotopic (exact) mass is 339 g/mol. The van der Waals surface area contributed by atoms with Crippen molar-refractivity contribution in [1.29, 1.82) is 0 Å². The van der Waals surface area contributed by atoms with Crippen LogP contribution in [-0.4, -0.2) is 22.5 Å². The Morgan fingerprint density at radius 2 is 2.08 bits per heavy atom. The highest BCUT2D eigenvalue weighted by Gasteiger charge is 2.09. The number of hydrogen-bond acceptors (Lipinski definition) is 5. The van der Waals surface area contributed by atoms with E-state index in [1.165, 1.54) is 11.3 Å². The van der Waals surface area contributed by atoms with Gasteiger partial charge in [-0.2, -0.15) is 0 Å². The first kappa shape index (κ1) is 16.1. The average molecular weight is 339 g/mol. The molecule has 0 saturated heterocycles. The van der Waals surface area contributed by atoms with Gasteiger partial charge >= 0.3 is 0 Å². The van der Waals surface area contributed by atoms with E-state index >= 15 is 0 Å². The number of aromatic nitrogens is 2. The first-order valence-electron chi connectivity index (χ1n) is 7.62. The molecule has 0 bridgehead atoms. The molecule has 2 aromatic heterocycles. The average Bonchev–Trinajstić information content (AvgIpc) is 3.06. The fourth-order valence-corrected chi connectivity index (χ4v) is 2.93. The Balaban J connectivity index is 1.60. The topological polar surface area (TPSA) is 64.1 Å². The number of benzene rings is 1. The zero-order valence-electron chi connectivity index (χ0n) is 13.2.